The monoisotopic (exact) mass is 414 g/mol. The molecule has 2 unspecified atom stereocenters. The lowest BCUT2D eigenvalue weighted by molar-refractivity contribution is -0.140. The Labute approximate surface area is 174 Å². The molecule has 30 heavy (non-hydrogen) atoms. The van der Waals surface area contributed by atoms with E-state index >= 15 is 0 Å². The lowest BCUT2D eigenvalue weighted by atomic mass is 9.87. The Balaban J connectivity index is 1.63. The number of benzene rings is 2. The fourth-order valence-corrected chi connectivity index (χ4v) is 4.10. The van der Waals surface area contributed by atoms with E-state index in [-0.39, 0.29) is 17.7 Å². The van der Waals surface area contributed by atoms with Crippen LogP contribution in [0.25, 0.3) is 0 Å². The van der Waals surface area contributed by atoms with Crippen LogP contribution in [0, 0.1) is 0 Å². The zero-order valence-corrected chi connectivity index (χ0v) is 16.8. The van der Waals surface area contributed by atoms with Crippen LogP contribution >= 0.6 is 0 Å². The summed E-state index contributed by atoms with van der Waals surface area (Å²) in [5.41, 5.74) is -0.638. The summed E-state index contributed by atoms with van der Waals surface area (Å²) in [6.07, 6.45) is -1.56. The average molecular weight is 414 g/mol. The van der Waals surface area contributed by atoms with E-state index < -0.39 is 17.6 Å². The molecule has 2 heterocycles. The maximum atomic E-state index is 13.4. The number of carbonyl (C=O) groups is 1. The lowest BCUT2D eigenvalue weighted by Gasteiger charge is -2.32. The van der Waals surface area contributed by atoms with Gasteiger partial charge in [0.05, 0.1) is 38.8 Å². The number of methoxy groups -OCH3 is 1. The van der Waals surface area contributed by atoms with E-state index in [2.05, 4.69) is 4.90 Å². The molecule has 0 saturated carbocycles. The van der Waals surface area contributed by atoms with E-state index in [9.17, 15) is 20.1 Å². The number of ether oxygens (including phenoxy) is 2. The Morgan fingerprint density at radius 3 is 2.67 bits per heavy atom. The highest BCUT2D eigenvalue weighted by molar-refractivity contribution is 6.06. The number of aliphatic hydroxyl groups is 2. The third-order valence-electron chi connectivity index (χ3n) is 5.77. The van der Waals surface area contributed by atoms with Crippen LogP contribution in [0.3, 0.4) is 0 Å². The number of para-hydroxylation sites is 1. The van der Waals surface area contributed by atoms with Crippen LogP contribution in [-0.2, 0) is 15.1 Å². The number of aliphatic hydroxyl groups excluding tert-OH is 1. The number of rotatable bonds is 6. The van der Waals surface area contributed by atoms with Crippen molar-refractivity contribution < 1.29 is 29.6 Å². The lowest BCUT2D eigenvalue weighted by Crippen LogP contribution is -2.48. The SMILES string of the molecule is COc1ccc(O)c(C(O)CC2(O)C(=O)N(CN3CCOCC3)c3ccccc32)c1. The molecule has 2 aliphatic heterocycles. The molecule has 160 valence electrons. The topological polar surface area (TPSA) is 103 Å². The molecule has 4 rings (SSSR count). The zero-order chi connectivity index (χ0) is 21.3. The predicted octanol–water partition coefficient (Wildman–Crippen LogP) is 1.35. The number of hydrogen-bond donors (Lipinski definition) is 3. The van der Waals surface area contributed by atoms with E-state index in [0.717, 1.165) is 0 Å². The Morgan fingerprint density at radius 2 is 1.93 bits per heavy atom. The van der Waals surface area contributed by atoms with Crippen molar-refractivity contribution in [3.8, 4) is 11.5 Å². The molecule has 0 aromatic heterocycles. The van der Waals surface area contributed by atoms with Crippen molar-refractivity contribution in [3.05, 3.63) is 53.6 Å². The van der Waals surface area contributed by atoms with E-state index in [1.54, 1.807) is 29.2 Å². The van der Waals surface area contributed by atoms with Gasteiger partial charge in [-0.25, -0.2) is 0 Å². The number of aromatic hydroxyl groups is 1. The first-order valence-corrected chi connectivity index (χ1v) is 9.93. The number of nitrogens with zero attached hydrogens (tertiary/aromatic N) is 2. The van der Waals surface area contributed by atoms with E-state index in [1.165, 1.54) is 19.2 Å². The van der Waals surface area contributed by atoms with E-state index in [4.69, 9.17) is 9.47 Å². The van der Waals surface area contributed by atoms with Crippen LogP contribution in [0.2, 0.25) is 0 Å². The maximum absolute atomic E-state index is 13.4. The minimum atomic E-state index is -1.90. The number of carbonyl (C=O) groups excluding carboxylic acids is 1. The maximum Gasteiger partial charge on any atom is 0.264 e. The molecular weight excluding hydrogens is 388 g/mol. The Morgan fingerprint density at radius 1 is 1.20 bits per heavy atom. The van der Waals surface area contributed by atoms with Gasteiger partial charge in [-0.1, -0.05) is 18.2 Å². The first kappa shape index (κ1) is 20.6. The smallest absolute Gasteiger partial charge is 0.264 e. The number of amides is 1. The third kappa shape index (κ3) is 3.63. The summed E-state index contributed by atoms with van der Waals surface area (Å²) in [6.45, 7) is 2.93. The van der Waals surface area contributed by atoms with Gasteiger partial charge in [0.2, 0.25) is 0 Å². The zero-order valence-electron chi connectivity index (χ0n) is 16.8. The highest BCUT2D eigenvalue weighted by atomic mass is 16.5. The van der Waals surface area contributed by atoms with Crippen LogP contribution in [0.1, 0.15) is 23.7 Å². The van der Waals surface area contributed by atoms with Crippen molar-refractivity contribution in [2.45, 2.75) is 18.1 Å². The molecule has 2 aromatic carbocycles. The summed E-state index contributed by atoms with van der Waals surface area (Å²) >= 11 is 0. The second-order valence-electron chi connectivity index (χ2n) is 7.63. The molecule has 0 bridgehead atoms. The fraction of sp³-hybridized carbons (Fsp3) is 0.409. The molecule has 1 amide bonds. The summed E-state index contributed by atoms with van der Waals surface area (Å²) in [5.74, 6) is -0.159. The van der Waals surface area contributed by atoms with Crippen molar-refractivity contribution in [2.75, 3.05) is 45.0 Å². The van der Waals surface area contributed by atoms with Gasteiger partial charge in [-0.15, -0.1) is 0 Å². The van der Waals surface area contributed by atoms with Crippen molar-refractivity contribution in [1.29, 1.82) is 0 Å². The van der Waals surface area contributed by atoms with Gasteiger partial charge in [0, 0.05) is 30.6 Å². The van der Waals surface area contributed by atoms with E-state index in [0.29, 0.717) is 50.0 Å². The first-order valence-electron chi connectivity index (χ1n) is 9.93. The van der Waals surface area contributed by atoms with Crippen LogP contribution in [-0.4, -0.2) is 66.2 Å². The van der Waals surface area contributed by atoms with Gasteiger partial charge in [0.15, 0.2) is 5.60 Å². The predicted molar refractivity (Wildman–Crippen MR) is 109 cm³/mol. The Kier molecular flexibility index (Phi) is 5.66. The molecule has 1 fully saturated rings. The number of fused-ring (bicyclic) bond motifs is 1. The van der Waals surface area contributed by atoms with Gasteiger partial charge in [-0.05, 0) is 24.3 Å². The number of phenols is 1. The molecule has 2 aromatic rings. The van der Waals surface area contributed by atoms with Gasteiger partial charge in [-0.2, -0.15) is 0 Å². The van der Waals surface area contributed by atoms with Gasteiger partial charge in [0.1, 0.15) is 11.5 Å². The highest BCUT2D eigenvalue weighted by Gasteiger charge is 2.51. The fourth-order valence-electron chi connectivity index (χ4n) is 4.10. The normalized spacial score (nSPS) is 22.8. The molecular formula is C22H26N2O6. The molecule has 2 aliphatic rings. The summed E-state index contributed by atoms with van der Waals surface area (Å²) in [6, 6.07) is 11.5. The van der Waals surface area contributed by atoms with E-state index in [1.807, 2.05) is 6.07 Å². The Hall–Kier alpha value is -2.65. The third-order valence-corrected chi connectivity index (χ3v) is 5.77. The van der Waals surface area contributed by atoms with Gasteiger partial charge in [0.25, 0.3) is 5.91 Å². The number of phenolic OH excluding ortho intramolecular Hbond substituents is 1. The molecule has 8 heteroatoms. The summed E-state index contributed by atoms with van der Waals surface area (Å²) in [7, 11) is 1.48. The number of hydrogen-bond acceptors (Lipinski definition) is 7. The summed E-state index contributed by atoms with van der Waals surface area (Å²) < 4.78 is 10.5. The molecule has 8 nitrogen and oxygen atoms in total. The standard InChI is InChI=1S/C22H26N2O6/c1-29-15-6-7-19(25)16(12-15)20(26)13-22(28)17-4-2-3-5-18(17)24(21(22)27)14-23-8-10-30-11-9-23/h2-7,12,20,25-26,28H,8-11,13-14H2,1H3. The average Bonchev–Trinajstić information content (AvgIpc) is 2.97. The Bertz CT molecular complexity index is 930. The van der Waals surface area contributed by atoms with Crippen molar-refractivity contribution in [3.63, 3.8) is 0 Å². The van der Waals surface area contributed by atoms with Gasteiger partial charge >= 0.3 is 0 Å². The molecule has 0 radical (unpaired) electrons. The molecule has 0 spiro atoms. The first-order chi connectivity index (χ1) is 14.4. The van der Waals surface area contributed by atoms with Crippen LogP contribution < -0.4 is 9.64 Å². The minimum absolute atomic E-state index is 0.129. The van der Waals surface area contributed by atoms with Crippen LogP contribution in [0.5, 0.6) is 11.5 Å². The summed E-state index contributed by atoms with van der Waals surface area (Å²) in [5, 5.41) is 32.5. The van der Waals surface area contributed by atoms with Crippen molar-refractivity contribution in [1.82, 2.24) is 4.90 Å². The molecule has 1 saturated heterocycles. The second-order valence-corrected chi connectivity index (χ2v) is 7.63. The minimum Gasteiger partial charge on any atom is -0.508 e. The van der Waals surface area contributed by atoms with Crippen LogP contribution in [0.15, 0.2) is 42.5 Å². The van der Waals surface area contributed by atoms with Gasteiger partial charge in [-0.3, -0.25) is 14.6 Å². The number of anilines is 1. The largest absolute Gasteiger partial charge is 0.508 e. The van der Waals surface area contributed by atoms with Crippen molar-refractivity contribution in [2.24, 2.45) is 0 Å². The molecule has 2 atom stereocenters. The van der Waals surface area contributed by atoms with Crippen molar-refractivity contribution >= 4 is 11.6 Å². The molecule has 3 N–H and O–H groups in total. The highest BCUT2D eigenvalue weighted by Crippen LogP contribution is 2.46. The summed E-state index contributed by atoms with van der Waals surface area (Å²) in [4.78, 5) is 17.0. The van der Waals surface area contributed by atoms with Crippen LogP contribution in [0.4, 0.5) is 5.69 Å². The quantitative estimate of drug-likeness (QED) is 0.656. The number of morpholine rings is 1. The van der Waals surface area contributed by atoms with Gasteiger partial charge < -0.3 is 24.8 Å². The second kappa shape index (κ2) is 8.23. The molecule has 0 aliphatic carbocycles.